The molecule has 28 heavy (non-hydrogen) atoms. The third-order valence-electron chi connectivity index (χ3n) is 5.20. The predicted octanol–water partition coefficient (Wildman–Crippen LogP) is 4.54. The smallest absolute Gasteiger partial charge is 0.214 e. The minimum absolute atomic E-state index is 0.0862. The van der Waals surface area contributed by atoms with E-state index in [2.05, 4.69) is 6.07 Å². The predicted molar refractivity (Wildman–Crippen MR) is 104 cm³/mol. The zero-order chi connectivity index (χ0) is 19.1. The Bertz CT molecular complexity index is 1030. The first-order chi connectivity index (χ1) is 13.8. The quantitative estimate of drug-likeness (QED) is 0.669. The Morgan fingerprint density at radius 1 is 1.00 bits per heavy atom. The van der Waals surface area contributed by atoms with E-state index in [0.717, 1.165) is 34.8 Å². The van der Waals surface area contributed by atoms with E-state index in [0.29, 0.717) is 11.5 Å². The zero-order valence-corrected chi connectivity index (χ0v) is 15.7. The van der Waals surface area contributed by atoms with Crippen LogP contribution < -0.4 is 14.2 Å². The van der Waals surface area contributed by atoms with E-state index in [9.17, 15) is 0 Å². The number of hydrogen-bond acceptors (Lipinski definition) is 6. The summed E-state index contributed by atoms with van der Waals surface area (Å²) < 4.78 is 22.8. The summed E-state index contributed by atoms with van der Waals surface area (Å²) in [6.07, 6.45) is 2.07. The topological polar surface area (TPSA) is 56.4 Å². The number of benzene rings is 2. The van der Waals surface area contributed by atoms with Crippen molar-refractivity contribution in [3.05, 3.63) is 77.7 Å². The van der Waals surface area contributed by atoms with Crippen LogP contribution in [-0.2, 0) is 0 Å². The SMILES string of the molecule is COc1ccc(C2Oc3ccccc3C3CC(c4ccco4)=NN32)cc1OC. The summed E-state index contributed by atoms with van der Waals surface area (Å²) in [6, 6.07) is 17.8. The molecule has 2 aromatic carbocycles. The summed E-state index contributed by atoms with van der Waals surface area (Å²) in [5.41, 5.74) is 2.99. The number of para-hydroxylation sites is 1. The van der Waals surface area contributed by atoms with E-state index in [4.69, 9.17) is 23.7 Å². The summed E-state index contributed by atoms with van der Waals surface area (Å²) in [5.74, 6) is 3.01. The molecule has 0 spiro atoms. The number of nitrogens with zero attached hydrogens (tertiary/aromatic N) is 2. The van der Waals surface area contributed by atoms with Crippen LogP contribution in [0.5, 0.6) is 17.2 Å². The third kappa shape index (κ3) is 2.60. The lowest BCUT2D eigenvalue weighted by atomic mass is 9.97. The Balaban J connectivity index is 1.59. The van der Waals surface area contributed by atoms with Crippen LogP contribution in [0.2, 0.25) is 0 Å². The van der Waals surface area contributed by atoms with Crippen molar-refractivity contribution < 1.29 is 18.6 Å². The Morgan fingerprint density at radius 3 is 2.64 bits per heavy atom. The summed E-state index contributed by atoms with van der Waals surface area (Å²) in [6.45, 7) is 0. The summed E-state index contributed by atoms with van der Waals surface area (Å²) in [5, 5.41) is 6.88. The number of rotatable bonds is 4. The molecule has 0 saturated heterocycles. The molecule has 6 nitrogen and oxygen atoms in total. The normalized spacial score (nSPS) is 20.1. The van der Waals surface area contributed by atoms with Crippen LogP contribution >= 0.6 is 0 Å². The second-order valence-corrected chi connectivity index (χ2v) is 6.75. The van der Waals surface area contributed by atoms with E-state index in [1.54, 1.807) is 20.5 Å². The number of hydrazone groups is 1. The molecule has 1 aromatic heterocycles. The molecular weight excluding hydrogens is 356 g/mol. The van der Waals surface area contributed by atoms with Gasteiger partial charge in [0.2, 0.25) is 6.23 Å². The van der Waals surface area contributed by atoms with E-state index >= 15 is 0 Å². The average Bonchev–Trinajstić information content (AvgIpc) is 3.42. The van der Waals surface area contributed by atoms with Gasteiger partial charge in [-0.1, -0.05) is 18.2 Å². The molecular formula is C22H20N2O4. The summed E-state index contributed by atoms with van der Waals surface area (Å²) in [4.78, 5) is 0. The lowest BCUT2D eigenvalue weighted by Gasteiger charge is -2.38. The van der Waals surface area contributed by atoms with Gasteiger partial charge in [-0.15, -0.1) is 0 Å². The lowest BCUT2D eigenvalue weighted by molar-refractivity contribution is -0.0191. The van der Waals surface area contributed by atoms with Crippen molar-refractivity contribution in [1.82, 2.24) is 5.01 Å². The number of hydrogen-bond donors (Lipinski definition) is 0. The van der Waals surface area contributed by atoms with Gasteiger partial charge in [0.1, 0.15) is 17.2 Å². The van der Waals surface area contributed by atoms with Crippen molar-refractivity contribution in [2.45, 2.75) is 18.7 Å². The molecule has 5 rings (SSSR count). The van der Waals surface area contributed by atoms with Crippen LogP contribution in [0.4, 0.5) is 0 Å². The molecule has 0 fully saturated rings. The van der Waals surface area contributed by atoms with Crippen LogP contribution in [0.3, 0.4) is 0 Å². The Morgan fingerprint density at radius 2 is 1.86 bits per heavy atom. The molecule has 6 heteroatoms. The average molecular weight is 376 g/mol. The van der Waals surface area contributed by atoms with Gasteiger partial charge in [-0.25, -0.2) is 5.01 Å². The standard InChI is InChI=1S/C22H20N2O4/c1-25-20-10-9-14(12-21(20)26-2)22-24-17(15-6-3-4-7-18(15)28-22)13-16(23-24)19-8-5-11-27-19/h3-12,17,22H,13H2,1-2H3. The second kappa shape index (κ2) is 6.64. The molecule has 3 aromatic rings. The highest BCUT2D eigenvalue weighted by Gasteiger charge is 2.41. The van der Waals surface area contributed by atoms with Gasteiger partial charge in [0.05, 0.1) is 26.5 Å². The highest BCUT2D eigenvalue weighted by molar-refractivity contribution is 5.99. The molecule has 2 atom stereocenters. The summed E-state index contributed by atoms with van der Waals surface area (Å²) in [7, 11) is 3.26. The Labute approximate surface area is 162 Å². The number of methoxy groups -OCH3 is 2. The number of furan rings is 1. The highest BCUT2D eigenvalue weighted by Crippen LogP contribution is 2.48. The van der Waals surface area contributed by atoms with Gasteiger partial charge in [-0.2, -0.15) is 5.10 Å². The Hall–Kier alpha value is -3.41. The maximum atomic E-state index is 6.36. The maximum absolute atomic E-state index is 6.36. The van der Waals surface area contributed by atoms with Crippen LogP contribution in [0, 0.1) is 0 Å². The first-order valence-corrected chi connectivity index (χ1v) is 9.15. The fourth-order valence-electron chi connectivity index (χ4n) is 3.85. The molecule has 0 bridgehead atoms. The zero-order valence-electron chi connectivity index (χ0n) is 15.7. The molecule has 0 radical (unpaired) electrons. The summed E-state index contributed by atoms with van der Waals surface area (Å²) >= 11 is 0. The van der Waals surface area contributed by atoms with Crippen molar-refractivity contribution >= 4 is 5.71 Å². The molecule has 0 aliphatic carbocycles. The van der Waals surface area contributed by atoms with Gasteiger partial charge in [0, 0.05) is 17.5 Å². The van der Waals surface area contributed by atoms with Crippen molar-refractivity contribution in [3.63, 3.8) is 0 Å². The molecule has 2 aliphatic heterocycles. The van der Waals surface area contributed by atoms with E-state index < -0.39 is 0 Å². The molecule has 0 saturated carbocycles. The lowest BCUT2D eigenvalue weighted by Crippen LogP contribution is -2.33. The fraction of sp³-hybridized carbons (Fsp3) is 0.227. The minimum Gasteiger partial charge on any atom is -0.493 e. The van der Waals surface area contributed by atoms with Crippen molar-refractivity contribution in [2.75, 3.05) is 14.2 Å². The number of ether oxygens (including phenoxy) is 3. The van der Waals surface area contributed by atoms with Crippen molar-refractivity contribution in [1.29, 1.82) is 0 Å². The first kappa shape index (κ1) is 16.7. The molecule has 2 aliphatic rings. The van der Waals surface area contributed by atoms with Crippen LogP contribution in [0.15, 0.2) is 70.4 Å². The number of fused-ring (bicyclic) bond motifs is 3. The Kier molecular flexibility index (Phi) is 3.97. The van der Waals surface area contributed by atoms with Crippen LogP contribution in [-0.4, -0.2) is 24.9 Å². The van der Waals surface area contributed by atoms with Gasteiger partial charge in [0.25, 0.3) is 0 Å². The first-order valence-electron chi connectivity index (χ1n) is 9.15. The molecule has 0 N–H and O–H groups in total. The van der Waals surface area contributed by atoms with Gasteiger partial charge in [-0.05, 0) is 36.4 Å². The fourth-order valence-corrected chi connectivity index (χ4v) is 3.85. The van der Waals surface area contributed by atoms with E-state index in [1.807, 2.05) is 53.5 Å². The van der Waals surface area contributed by atoms with E-state index in [-0.39, 0.29) is 12.3 Å². The van der Waals surface area contributed by atoms with Crippen LogP contribution in [0.1, 0.15) is 35.6 Å². The second-order valence-electron chi connectivity index (χ2n) is 6.75. The largest absolute Gasteiger partial charge is 0.493 e. The molecule has 2 unspecified atom stereocenters. The van der Waals surface area contributed by atoms with Gasteiger partial charge < -0.3 is 18.6 Å². The monoisotopic (exact) mass is 376 g/mol. The van der Waals surface area contributed by atoms with Gasteiger partial charge >= 0.3 is 0 Å². The molecule has 0 amide bonds. The van der Waals surface area contributed by atoms with E-state index in [1.165, 1.54) is 0 Å². The third-order valence-corrected chi connectivity index (χ3v) is 5.20. The van der Waals surface area contributed by atoms with Gasteiger partial charge in [0.15, 0.2) is 11.5 Å². The highest BCUT2D eigenvalue weighted by atomic mass is 16.5. The maximum Gasteiger partial charge on any atom is 0.214 e. The van der Waals surface area contributed by atoms with Crippen LogP contribution in [0.25, 0.3) is 0 Å². The minimum atomic E-state index is -0.368. The molecule has 3 heterocycles. The molecule has 142 valence electrons. The van der Waals surface area contributed by atoms with Crippen molar-refractivity contribution in [3.8, 4) is 17.2 Å². The van der Waals surface area contributed by atoms with Crippen molar-refractivity contribution in [2.24, 2.45) is 5.10 Å². The van der Waals surface area contributed by atoms with Gasteiger partial charge in [-0.3, -0.25) is 0 Å².